The number of anilines is 1. The van der Waals surface area contributed by atoms with Crippen molar-refractivity contribution in [2.45, 2.75) is 45.1 Å². The summed E-state index contributed by atoms with van der Waals surface area (Å²) in [5.41, 5.74) is 4.98. The Bertz CT molecular complexity index is 1480. The number of rotatable bonds is 8. The molecule has 5 rings (SSSR count). The van der Waals surface area contributed by atoms with E-state index in [1.165, 1.54) is 29.8 Å². The van der Waals surface area contributed by atoms with Crippen LogP contribution in [0, 0.1) is 25.6 Å². The predicted molar refractivity (Wildman–Crippen MR) is 146 cm³/mol. The third kappa shape index (κ3) is 4.71. The molecule has 1 fully saturated rings. The first-order valence-corrected chi connectivity index (χ1v) is 12.9. The number of fused-ring (bicyclic) bond motifs is 5. The zero-order chi connectivity index (χ0) is 27.7. The molecule has 204 valence electrons. The number of aromatic amines is 1. The molecule has 2 aliphatic rings. The number of ether oxygens (including phenoxy) is 1. The van der Waals surface area contributed by atoms with Crippen molar-refractivity contribution in [3.8, 4) is 0 Å². The van der Waals surface area contributed by atoms with Crippen LogP contribution in [-0.2, 0) is 16.0 Å². The highest BCUT2D eigenvalue weighted by atomic mass is 16.6. The fourth-order valence-corrected chi connectivity index (χ4v) is 6.29. The molecule has 3 heterocycles. The van der Waals surface area contributed by atoms with Crippen LogP contribution in [0.15, 0.2) is 47.6 Å². The average molecular weight is 535 g/mol. The highest BCUT2D eigenvalue weighted by molar-refractivity contribution is 6.36. The first kappa shape index (κ1) is 26.3. The molecule has 0 amide bonds. The van der Waals surface area contributed by atoms with Gasteiger partial charge in [0.2, 0.25) is 0 Å². The van der Waals surface area contributed by atoms with Gasteiger partial charge in [0, 0.05) is 35.6 Å². The molecule has 2 aromatic carbocycles. The highest BCUT2D eigenvalue weighted by Gasteiger charge is 2.48. The molecule has 2 N–H and O–H groups in total. The Labute approximate surface area is 224 Å². The summed E-state index contributed by atoms with van der Waals surface area (Å²) in [6.07, 6.45) is 3.85. The Balaban J connectivity index is 1.53. The fourth-order valence-electron chi connectivity index (χ4n) is 6.29. The summed E-state index contributed by atoms with van der Waals surface area (Å²) < 4.78 is 5.06. The summed E-state index contributed by atoms with van der Waals surface area (Å²) in [6, 6.07) is 11.5. The maximum Gasteiger partial charge on any atom is 0.354 e. The number of hydrogen-bond acceptors (Lipinski definition) is 9. The van der Waals surface area contributed by atoms with Crippen LogP contribution in [0.2, 0.25) is 0 Å². The molecule has 39 heavy (non-hydrogen) atoms. The second-order valence-electron chi connectivity index (χ2n) is 10.1. The fraction of sp³-hybridized carbons (Fsp3) is 0.407. The van der Waals surface area contributed by atoms with E-state index in [9.17, 15) is 25.0 Å². The van der Waals surface area contributed by atoms with Gasteiger partial charge in [0.25, 0.3) is 5.69 Å². The van der Waals surface area contributed by atoms with Crippen molar-refractivity contribution < 1.29 is 19.4 Å². The molecule has 0 bridgehead atoms. The van der Waals surface area contributed by atoms with Gasteiger partial charge in [0.05, 0.1) is 29.1 Å². The van der Waals surface area contributed by atoms with E-state index >= 15 is 0 Å². The molecular weight excluding hydrogens is 504 g/mol. The second kappa shape index (κ2) is 10.4. The quantitative estimate of drug-likeness (QED) is 0.175. The number of hydrazone groups is 1. The molecule has 0 spiro atoms. The smallest absolute Gasteiger partial charge is 0.354 e. The number of piperidine rings is 1. The van der Waals surface area contributed by atoms with Crippen LogP contribution >= 0.6 is 0 Å². The molecule has 0 radical (unpaired) electrons. The van der Waals surface area contributed by atoms with E-state index in [4.69, 9.17) is 4.74 Å². The molecule has 0 aliphatic carbocycles. The van der Waals surface area contributed by atoms with E-state index in [1.54, 1.807) is 0 Å². The summed E-state index contributed by atoms with van der Waals surface area (Å²) in [5.74, 6) is -0.635. The maximum absolute atomic E-state index is 12.9. The van der Waals surface area contributed by atoms with Gasteiger partial charge in [-0.3, -0.25) is 30.6 Å². The number of hydrogen-bond donors (Lipinski definition) is 2. The molecular formula is C27H30N6O6. The zero-order valence-corrected chi connectivity index (χ0v) is 21.8. The van der Waals surface area contributed by atoms with Crippen molar-refractivity contribution >= 4 is 39.6 Å². The van der Waals surface area contributed by atoms with Gasteiger partial charge in [-0.05, 0) is 55.3 Å². The van der Waals surface area contributed by atoms with Gasteiger partial charge in [0.1, 0.15) is 11.4 Å². The number of H-pyrrole nitrogens is 1. The number of nitro benzene ring substituents is 2. The second-order valence-corrected chi connectivity index (χ2v) is 10.1. The number of nitrogens with zero attached hydrogens (tertiary/aromatic N) is 4. The standard InChI is InChI=1S/C27H30N6O6/c1-3-27(12-6-13-31-14-11-19-18-7-4-5-8-20(18)28-24(19)25(27)31)16-22(26(34)39-2)30-29-21-10-9-17(32(35)36)15-23(21)33(37)38/h4-5,7-10,15,25,28-29H,3,6,11-14,16H2,1-2H3. The molecule has 12 nitrogen and oxygen atoms in total. The van der Waals surface area contributed by atoms with E-state index in [0.29, 0.717) is 6.42 Å². The molecule has 1 saturated heterocycles. The number of methoxy groups -OCH3 is 1. The van der Waals surface area contributed by atoms with Gasteiger partial charge in [-0.15, -0.1) is 0 Å². The SMILES string of the molecule is CCC1(CC(=NNc2ccc([N+](=O)[O-])cc2[N+](=O)[O-])C(=O)OC)CCCN2CCc3c([nH]c4ccccc34)C21. The lowest BCUT2D eigenvalue weighted by Crippen LogP contribution is -2.50. The van der Waals surface area contributed by atoms with E-state index in [0.717, 1.165) is 56.4 Å². The summed E-state index contributed by atoms with van der Waals surface area (Å²) in [7, 11) is 1.27. The summed E-state index contributed by atoms with van der Waals surface area (Å²) >= 11 is 0. The number of non-ortho nitro benzene ring substituents is 1. The Morgan fingerprint density at radius 3 is 2.72 bits per heavy atom. The Kier molecular flexibility index (Phi) is 7.04. The van der Waals surface area contributed by atoms with Crippen molar-refractivity contribution in [3.63, 3.8) is 0 Å². The monoisotopic (exact) mass is 534 g/mol. The third-order valence-electron chi connectivity index (χ3n) is 8.18. The molecule has 2 atom stereocenters. The number of benzene rings is 2. The Hall–Kier alpha value is -4.32. The van der Waals surface area contributed by atoms with Crippen molar-refractivity contribution in [3.05, 3.63) is 74.0 Å². The molecule has 12 heteroatoms. The average Bonchev–Trinajstić information content (AvgIpc) is 3.33. The predicted octanol–water partition coefficient (Wildman–Crippen LogP) is 5.10. The zero-order valence-electron chi connectivity index (χ0n) is 21.8. The summed E-state index contributed by atoms with van der Waals surface area (Å²) in [6.45, 7) is 3.99. The van der Waals surface area contributed by atoms with Crippen LogP contribution in [0.25, 0.3) is 10.9 Å². The Morgan fingerprint density at radius 2 is 2.00 bits per heavy atom. The first-order chi connectivity index (χ1) is 18.8. The van der Waals surface area contributed by atoms with Crippen LogP contribution in [0.5, 0.6) is 0 Å². The van der Waals surface area contributed by atoms with Gasteiger partial charge < -0.3 is 9.72 Å². The molecule has 1 aromatic heterocycles. The number of aromatic nitrogens is 1. The van der Waals surface area contributed by atoms with Crippen LogP contribution in [-0.4, -0.2) is 51.6 Å². The third-order valence-corrected chi connectivity index (χ3v) is 8.18. The molecule has 0 saturated carbocycles. The number of para-hydroxylation sites is 1. The van der Waals surface area contributed by atoms with Crippen LogP contribution in [0.3, 0.4) is 0 Å². The molecule has 3 aromatic rings. The lowest BCUT2D eigenvalue weighted by atomic mass is 9.65. The molecule has 2 aliphatic heterocycles. The largest absolute Gasteiger partial charge is 0.464 e. The van der Waals surface area contributed by atoms with Gasteiger partial charge in [-0.1, -0.05) is 25.1 Å². The van der Waals surface area contributed by atoms with Gasteiger partial charge in [-0.25, -0.2) is 4.79 Å². The summed E-state index contributed by atoms with van der Waals surface area (Å²) in [5, 5.41) is 28.2. The lowest BCUT2D eigenvalue weighted by molar-refractivity contribution is -0.393. The van der Waals surface area contributed by atoms with Gasteiger partial charge >= 0.3 is 11.7 Å². The summed E-state index contributed by atoms with van der Waals surface area (Å²) in [4.78, 5) is 40.3. The number of carbonyl (C=O) groups is 1. The van der Waals surface area contributed by atoms with E-state index in [2.05, 4.69) is 39.5 Å². The van der Waals surface area contributed by atoms with Crippen molar-refractivity contribution in [1.29, 1.82) is 0 Å². The number of esters is 1. The number of nitro groups is 2. The van der Waals surface area contributed by atoms with Crippen molar-refractivity contribution in [2.75, 3.05) is 25.6 Å². The van der Waals surface area contributed by atoms with E-state index in [-0.39, 0.29) is 22.9 Å². The first-order valence-electron chi connectivity index (χ1n) is 12.9. The maximum atomic E-state index is 12.9. The van der Waals surface area contributed by atoms with Gasteiger partial charge in [-0.2, -0.15) is 5.10 Å². The Morgan fingerprint density at radius 1 is 1.21 bits per heavy atom. The van der Waals surface area contributed by atoms with Crippen LogP contribution < -0.4 is 5.43 Å². The van der Waals surface area contributed by atoms with Gasteiger partial charge in [0.15, 0.2) is 0 Å². The molecule has 2 unspecified atom stereocenters. The van der Waals surface area contributed by atoms with Crippen molar-refractivity contribution in [2.24, 2.45) is 10.5 Å². The van der Waals surface area contributed by atoms with Crippen LogP contribution in [0.1, 0.15) is 49.9 Å². The van der Waals surface area contributed by atoms with E-state index in [1.807, 2.05) is 12.1 Å². The van der Waals surface area contributed by atoms with Crippen LogP contribution in [0.4, 0.5) is 17.1 Å². The topological polar surface area (TPSA) is 156 Å². The lowest BCUT2D eigenvalue weighted by Gasteiger charge is -2.52. The van der Waals surface area contributed by atoms with Crippen molar-refractivity contribution in [1.82, 2.24) is 9.88 Å². The number of carbonyl (C=O) groups excluding carboxylic acids is 1. The minimum absolute atomic E-state index is 0.0379. The minimum atomic E-state index is -0.728. The minimum Gasteiger partial charge on any atom is -0.464 e. The highest BCUT2D eigenvalue weighted by Crippen LogP contribution is 2.53. The van der Waals surface area contributed by atoms with E-state index < -0.39 is 27.2 Å². The normalized spacial score (nSPS) is 21.2. The number of nitrogens with one attached hydrogen (secondary N) is 2.